The highest BCUT2D eigenvalue weighted by Gasteiger charge is 2.27. The second-order valence-electron chi connectivity index (χ2n) is 4.87. The summed E-state index contributed by atoms with van der Waals surface area (Å²) in [4.78, 5) is 14.0. The van der Waals surface area contributed by atoms with Crippen molar-refractivity contribution in [2.24, 2.45) is 5.92 Å². The van der Waals surface area contributed by atoms with Gasteiger partial charge in [0.1, 0.15) is 5.82 Å². The number of carbonyl (C=O) groups is 1. The summed E-state index contributed by atoms with van der Waals surface area (Å²) in [5, 5.41) is 9.11. The van der Waals surface area contributed by atoms with Crippen molar-refractivity contribution in [2.45, 2.75) is 19.3 Å². The molecule has 0 saturated carbocycles. The van der Waals surface area contributed by atoms with E-state index in [4.69, 9.17) is 16.7 Å². The smallest absolute Gasteiger partial charge is 0.258 e. The van der Waals surface area contributed by atoms with Gasteiger partial charge in [-0.2, -0.15) is 0 Å². The van der Waals surface area contributed by atoms with E-state index >= 15 is 0 Å². The van der Waals surface area contributed by atoms with Gasteiger partial charge >= 0.3 is 0 Å². The van der Waals surface area contributed by atoms with E-state index in [2.05, 4.69) is 0 Å². The number of likely N-dealkylation sites (tertiary alicyclic amines) is 1. The van der Waals surface area contributed by atoms with E-state index < -0.39 is 5.82 Å². The third-order valence-corrected chi connectivity index (χ3v) is 3.84. The van der Waals surface area contributed by atoms with Gasteiger partial charge in [-0.3, -0.25) is 4.79 Å². The Morgan fingerprint density at radius 3 is 3.00 bits per heavy atom. The van der Waals surface area contributed by atoms with Crippen molar-refractivity contribution >= 4 is 17.5 Å². The van der Waals surface area contributed by atoms with Gasteiger partial charge in [0.25, 0.3) is 5.91 Å². The van der Waals surface area contributed by atoms with E-state index in [0.717, 1.165) is 12.8 Å². The fourth-order valence-electron chi connectivity index (χ4n) is 2.53. The number of halogens is 2. The van der Waals surface area contributed by atoms with Gasteiger partial charge in [-0.15, -0.1) is 0 Å². The molecule has 1 aromatic rings. The second kappa shape index (κ2) is 6.35. The molecule has 2 rings (SSSR count). The van der Waals surface area contributed by atoms with Crippen molar-refractivity contribution in [3.8, 4) is 0 Å². The summed E-state index contributed by atoms with van der Waals surface area (Å²) in [7, 11) is 0. The lowest BCUT2D eigenvalue weighted by Gasteiger charge is -2.32. The quantitative estimate of drug-likeness (QED) is 0.928. The molecule has 5 heteroatoms. The summed E-state index contributed by atoms with van der Waals surface area (Å²) in [6.07, 6.45) is 2.55. The predicted molar refractivity (Wildman–Crippen MR) is 71.7 cm³/mol. The molecule has 1 amide bonds. The normalized spacial score (nSPS) is 19.5. The van der Waals surface area contributed by atoms with Gasteiger partial charge < -0.3 is 10.0 Å². The molecule has 0 bridgehead atoms. The van der Waals surface area contributed by atoms with Crippen LogP contribution in [0.4, 0.5) is 4.39 Å². The molecule has 1 aliphatic heterocycles. The number of aliphatic hydroxyl groups excluding tert-OH is 1. The average molecular weight is 286 g/mol. The molecule has 1 fully saturated rings. The number of carbonyl (C=O) groups excluding carboxylic acids is 1. The molecule has 1 heterocycles. The number of piperidine rings is 1. The van der Waals surface area contributed by atoms with Crippen molar-refractivity contribution in [1.29, 1.82) is 0 Å². The number of nitrogens with zero attached hydrogens (tertiary/aromatic N) is 1. The van der Waals surface area contributed by atoms with Crippen LogP contribution in [-0.2, 0) is 0 Å². The molecule has 1 unspecified atom stereocenters. The molecule has 104 valence electrons. The molecule has 0 radical (unpaired) electrons. The molecule has 1 atom stereocenters. The Bertz CT molecular complexity index is 445. The average Bonchev–Trinajstić information content (AvgIpc) is 2.39. The third-order valence-electron chi connectivity index (χ3n) is 3.52. The first-order valence-electron chi connectivity index (χ1n) is 6.47. The molecule has 19 heavy (non-hydrogen) atoms. The minimum Gasteiger partial charge on any atom is -0.396 e. The summed E-state index contributed by atoms with van der Waals surface area (Å²) < 4.78 is 13.7. The molecule has 1 aliphatic rings. The summed E-state index contributed by atoms with van der Waals surface area (Å²) in [5.41, 5.74) is -0.0474. The Hall–Kier alpha value is -1.13. The van der Waals surface area contributed by atoms with Crippen molar-refractivity contribution in [3.05, 3.63) is 34.6 Å². The van der Waals surface area contributed by atoms with Crippen molar-refractivity contribution in [3.63, 3.8) is 0 Å². The van der Waals surface area contributed by atoms with Gasteiger partial charge in [-0.1, -0.05) is 17.7 Å². The highest BCUT2D eigenvalue weighted by atomic mass is 35.5. The van der Waals surface area contributed by atoms with Gasteiger partial charge in [0.05, 0.1) is 10.6 Å². The van der Waals surface area contributed by atoms with Gasteiger partial charge in [0, 0.05) is 19.7 Å². The molecule has 0 aliphatic carbocycles. The Balaban J connectivity index is 2.15. The van der Waals surface area contributed by atoms with Crippen LogP contribution < -0.4 is 0 Å². The fraction of sp³-hybridized carbons (Fsp3) is 0.500. The zero-order valence-corrected chi connectivity index (χ0v) is 11.4. The first-order chi connectivity index (χ1) is 9.13. The highest BCUT2D eigenvalue weighted by Crippen LogP contribution is 2.25. The number of amides is 1. The SMILES string of the molecule is O=C(c1c(F)cccc1Cl)N1CCCC(CCO)C1. The van der Waals surface area contributed by atoms with Gasteiger partial charge in [0.15, 0.2) is 0 Å². The van der Waals surface area contributed by atoms with E-state index in [1.165, 1.54) is 18.2 Å². The van der Waals surface area contributed by atoms with E-state index in [1.807, 2.05) is 0 Å². The Kier molecular flexibility index (Phi) is 4.77. The molecular formula is C14H17ClFNO2. The Morgan fingerprint density at radius 1 is 1.53 bits per heavy atom. The van der Waals surface area contributed by atoms with Crippen LogP contribution in [0, 0.1) is 11.7 Å². The van der Waals surface area contributed by atoms with Crippen molar-refractivity contribution < 1.29 is 14.3 Å². The number of rotatable bonds is 3. The number of aliphatic hydroxyl groups is 1. The summed E-state index contributed by atoms with van der Waals surface area (Å²) in [5.74, 6) is -0.652. The Labute approximate surface area is 117 Å². The first-order valence-corrected chi connectivity index (χ1v) is 6.85. The lowest BCUT2D eigenvalue weighted by Crippen LogP contribution is -2.40. The zero-order valence-electron chi connectivity index (χ0n) is 10.6. The van der Waals surface area contributed by atoms with Crippen LogP contribution in [0.1, 0.15) is 29.6 Å². The summed E-state index contributed by atoms with van der Waals surface area (Å²) in [6, 6.07) is 4.25. The maximum Gasteiger partial charge on any atom is 0.258 e. The molecule has 0 aromatic heterocycles. The maximum absolute atomic E-state index is 13.7. The predicted octanol–water partition coefficient (Wildman–Crippen LogP) is 2.71. The molecule has 1 aromatic carbocycles. The van der Waals surface area contributed by atoms with Crippen LogP contribution in [-0.4, -0.2) is 35.6 Å². The van der Waals surface area contributed by atoms with Crippen LogP contribution in [0.3, 0.4) is 0 Å². The molecule has 1 saturated heterocycles. The van der Waals surface area contributed by atoms with Crippen LogP contribution >= 0.6 is 11.6 Å². The van der Waals surface area contributed by atoms with E-state index in [9.17, 15) is 9.18 Å². The van der Waals surface area contributed by atoms with E-state index in [0.29, 0.717) is 19.5 Å². The molecule has 3 nitrogen and oxygen atoms in total. The van der Waals surface area contributed by atoms with Gasteiger partial charge in [0.2, 0.25) is 0 Å². The minimum atomic E-state index is -0.582. The highest BCUT2D eigenvalue weighted by molar-refractivity contribution is 6.33. The van der Waals surface area contributed by atoms with Crippen LogP contribution in [0.15, 0.2) is 18.2 Å². The fourth-order valence-corrected chi connectivity index (χ4v) is 2.77. The van der Waals surface area contributed by atoms with Crippen molar-refractivity contribution in [1.82, 2.24) is 4.90 Å². The van der Waals surface area contributed by atoms with Crippen molar-refractivity contribution in [2.75, 3.05) is 19.7 Å². The summed E-state index contributed by atoms with van der Waals surface area (Å²) in [6.45, 7) is 1.29. The number of benzene rings is 1. The topological polar surface area (TPSA) is 40.5 Å². The van der Waals surface area contributed by atoms with Crippen LogP contribution in [0.2, 0.25) is 5.02 Å². The van der Waals surface area contributed by atoms with E-state index in [1.54, 1.807) is 4.90 Å². The summed E-state index contributed by atoms with van der Waals surface area (Å²) >= 11 is 5.91. The molecular weight excluding hydrogens is 269 g/mol. The van der Waals surface area contributed by atoms with E-state index in [-0.39, 0.29) is 29.0 Å². The van der Waals surface area contributed by atoms with Gasteiger partial charge in [-0.05, 0) is 37.3 Å². The maximum atomic E-state index is 13.7. The van der Waals surface area contributed by atoms with Crippen LogP contribution in [0.25, 0.3) is 0 Å². The van der Waals surface area contributed by atoms with Gasteiger partial charge in [-0.25, -0.2) is 4.39 Å². The Morgan fingerprint density at radius 2 is 2.32 bits per heavy atom. The third kappa shape index (κ3) is 3.25. The zero-order chi connectivity index (χ0) is 13.8. The molecule has 0 spiro atoms. The largest absolute Gasteiger partial charge is 0.396 e. The second-order valence-corrected chi connectivity index (χ2v) is 5.28. The monoisotopic (exact) mass is 285 g/mol. The lowest BCUT2D eigenvalue weighted by molar-refractivity contribution is 0.0649. The first kappa shape index (κ1) is 14.3. The standard InChI is InChI=1S/C14H17ClFNO2/c15-11-4-1-5-12(16)13(11)14(19)17-7-2-3-10(9-17)6-8-18/h1,4-5,10,18H,2-3,6-9H2. The number of hydrogen-bond donors (Lipinski definition) is 1. The number of hydrogen-bond acceptors (Lipinski definition) is 2. The van der Waals surface area contributed by atoms with Crippen LogP contribution in [0.5, 0.6) is 0 Å². The molecule has 1 N–H and O–H groups in total. The minimum absolute atomic E-state index is 0.0474. The lowest BCUT2D eigenvalue weighted by atomic mass is 9.94.